The molecule has 0 amide bonds. The Balaban J connectivity index is 2.05. The second kappa shape index (κ2) is 5.53. The Morgan fingerprint density at radius 2 is 1.95 bits per heavy atom. The highest BCUT2D eigenvalue weighted by molar-refractivity contribution is 6.61. The highest BCUT2D eigenvalue weighted by Crippen LogP contribution is 2.36. The minimum Gasteiger partial charge on any atom is -0.398 e. The van der Waals surface area contributed by atoms with Crippen LogP contribution in [0.15, 0.2) is 18.3 Å². The summed E-state index contributed by atoms with van der Waals surface area (Å²) < 4.78 is 37.1. The van der Waals surface area contributed by atoms with Crippen LogP contribution in [0.2, 0.25) is 0 Å². The van der Waals surface area contributed by atoms with Crippen LogP contribution in [0.4, 0.5) is 5.69 Å². The average molecular weight is 305 g/mol. The molecular formula is C17H27BN2O2. The van der Waals surface area contributed by atoms with Crippen LogP contribution in [-0.4, -0.2) is 35.9 Å². The Labute approximate surface area is 138 Å². The zero-order chi connectivity index (χ0) is 18.6. The summed E-state index contributed by atoms with van der Waals surface area (Å²) in [6, 6.07) is 0.405. The molecule has 22 heavy (non-hydrogen) atoms. The summed E-state index contributed by atoms with van der Waals surface area (Å²) in [7, 11) is -0.791. The molecule has 3 rings (SSSR count). The van der Waals surface area contributed by atoms with Gasteiger partial charge < -0.3 is 14.2 Å². The van der Waals surface area contributed by atoms with Crippen molar-refractivity contribution in [3.05, 3.63) is 18.3 Å². The van der Waals surface area contributed by atoms with E-state index in [9.17, 15) is 0 Å². The molecule has 4 nitrogen and oxygen atoms in total. The Hall–Kier alpha value is -1.07. The molecule has 2 aliphatic heterocycles. The molecule has 1 aromatic rings. The maximum absolute atomic E-state index is 8.67. The summed E-state index contributed by atoms with van der Waals surface area (Å²) in [6.45, 7) is 10.7. The molecule has 5 heteroatoms. The van der Waals surface area contributed by atoms with Gasteiger partial charge in [-0.3, -0.25) is 4.98 Å². The zero-order valence-corrected chi connectivity index (χ0v) is 14.2. The Bertz CT molecular complexity index is 668. The first-order valence-corrected chi connectivity index (χ1v) is 8.15. The van der Waals surface area contributed by atoms with Crippen LogP contribution in [-0.2, 0) is 9.31 Å². The highest BCUT2D eigenvalue weighted by Gasteiger charge is 2.52. The van der Waals surface area contributed by atoms with E-state index in [1.807, 2.05) is 27.7 Å². The van der Waals surface area contributed by atoms with Crippen LogP contribution in [0.3, 0.4) is 0 Å². The van der Waals surface area contributed by atoms with Gasteiger partial charge in [-0.15, -0.1) is 0 Å². The molecule has 0 aliphatic carbocycles. The summed E-state index contributed by atoms with van der Waals surface area (Å²) >= 11 is 0. The molecule has 0 bridgehead atoms. The molecule has 1 unspecified atom stereocenters. The lowest BCUT2D eigenvalue weighted by molar-refractivity contribution is 0.00578. The minimum absolute atomic E-state index is 0.0130. The fourth-order valence-electron chi connectivity index (χ4n) is 2.96. The quantitative estimate of drug-likeness (QED) is 0.787. The molecule has 2 fully saturated rings. The maximum Gasteiger partial charge on any atom is 0.514 e. The first kappa shape index (κ1) is 12.4. The molecule has 0 saturated carbocycles. The van der Waals surface area contributed by atoms with E-state index in [1.165, 1.54) is 0 Å². The fourth-order valence-corrected chi connectivity index (χ4v) is 2.96. The van der Waals surface area contributed by atoms with Crippen molar-refractivity contribution >= 4 is 18.4 Å². The van der Waals surface area contributed by atoms with Gasteiger partial charge in [-0.2, -0.15) is 0 Å². The minimum atomic E-state index is -0.791. The third-order valence-corrected chi connectivity index (χ3v) is 5.16. The lowest BCUT2D eigenvalue weighted by atomic mass is 9.84. The number of piperidine rings is 1. The number of nitrogens with zero attached hydrogens (tertiary/aromatic N) is 2. The summed E-state index contributed by atoms with van der Waals surface area (Å²) in [6.07, 6.45) is 3.08. The van der Waals surface area contributed by atoms with E-state index in [2.05, 4.69) is 16.8 Å². The first-order valence-electron chi connectivity index (χ1n) is 9.65. The third-order valence-electron chi connectivity index (χ3n) is 5.16. The summed E-state index contributed by atoms with van der Waals surface area (Å²) in [5.74, 6) is 0. The van der Waals surface area contributed by atoms with Crippen molar-refractivity contribution in [2.75, 3.05) is 11.4 Å². The van der Waals surface area contributed by atoms with Crippen LogP contribution in [0.25, 0.3) is 0 Å². The van der Waals surface area contributed by atoms with Crippen LogP contribution in [0.1, 0.15) is 58.0 Å². The summed E-state index contributed by atoms with van der Waals surface area (Å²) in [5, 5.41) is 0. The van der Waals surface area contributed by atoms with E-state index >= 15 is 0 Å². The van der Waals surface area contributed by atoms with Crippen LogP contribution in [0, 0.1) is 0 Å². The molecule has 0 spiro atoms. The van der Waals surface area contributed by atoms with Gasteiger partial charge in [0.05, 0.1) is 20.9 Å². The normalized spacial score (nSPS) is 29.1. The van der Waals surface area contributed by atoms with E-state index in [0.29, 0.717) is 11.3 Å². The average Bonchev–Trinajstić information content (AvgIpc) is 2.73. The van der Waals surface area contributed by atoms with Crippen molar-refractivity contribution in [3.8, 4) is 0 Å². The van der Waals surface area contributed by atoms with Gasteiger partial charge in [0, 0.05) is 24.4 Å². The summed E-state index contributed by atoms with van der Waals surface area (Å²) in [4.78, 5) is 6.25. The monoisotopic (exact) mass is 305 g/mol. The van der Waals surface area contributed by atoms with Gasteiger partial charge in [0.2, 0.25) is 0 Å². The Morgan fingerprint density at radius 1 is 1.27 bits per heavy atom. The first-order chi connectivity index (χ1) is 11.5. The molecule has 2 aliphatic rings. The van der Waals surface area contributed by atoms with Crippen LogP contribution >= 0.6 is 0 Å². The molecule has 0 aromatic carbocycles. The lowest BCUT2D eigenvalue weighted by Crippen LogP contribution is -2.41. The highest BCUT2D eigenvalue weighted by atomic mass is 16.7. The van der Waals surface area contributed by atoms with E-state index in [0.717, 1.165) is 25.8 Å². The predicted molar refractivity (Wildman–Crippen MR) is 90.6 cm³/mol. The number of pyridine rings is 1. The van der Waals surface area contributed by atoms with Gasteiger partial charge in [-0.05, 0) is 66.0 Å². The van der Waals surface area contributed by atoms with E-state index in [-0.39, 0.29) is 24.3 Å². The zero-order valence-electron chi connectivity index (χ0n) is 17.2. The topological polar surface area (TPSA) is 34.6 Å². The van der Waals surface area contributed by atoms with Crippen molar-refractivity contribution in [2.24, 2.45) is 0 Å². The number of rotatable bonds is 2. The number of aromatic nitrogens is 1. The van der Waals surface area contributed by atoms with Crippen LogP contribution in [0.5, 0.6) is 0 Å². The molecule has 1 aromatic heterocycles. The van der Waals surface area contributed by atoms with Gasteiger partial charge in [0.1, 0.15) is 0 Å². The third kappa shape index (κ3) is 2.76. The van der Waals surface area contributed by atoms with Gasteiger partial charge in [0.25, 0.3) is 0 Å². The van der Waals surface area contributed by atoms with E-state index < -0.39 is 18.3 Å². The maximum atomic E-state index is 8.67. The summed E-state index contributed by atoms with van der Waals surface area (Å²) in [5.41, 5.74) is -0.289. The molecule has 0 N–H and O–H groups in total. The van der Waals surface area contributed by atoms with Gasteiger partial charge >= 0.3 is 7.12 Å². The van der Waals surface area contributed by atoms with E-state index in [4.69, 9.17) is 13.4 Å². The van der Waals surface area contributed by atoms with Gasteiger partial charge in [-0.25, -0.2) is 0 Å². The van der Waals surface area contributed by atoms with Gasteiger partial charge in [0.15, 0.2) is 0 Å². The molecule has 1 atom stereocenters. The lowest BCUT2D eigenvalue weighted by Gasteiger charge is -2.35. The number of anilines is 1. The Morgan fingerprint density at radius 3 is 2.59 bits per heavy atom. The Kier molecular flexibility index (Phi) is 3.11. The van der Waals surface area contributed by atoms with Crippen molar-refractivity contribution in [3.63, 3.8) is 0 Å². The largest absolute Gasteiger partial charge is 0.514 e. The van der Waals surface area contributed by atoms with Crippen molar-refractivity contribution in [1.82, 2.24) is 4.98 Å². The second-order valence-corrected chi connectivity index (χ2v) is 7.33. The second-order valence-electron chi connectivity index (χ2n) is 7.33. The van der Waals surface area contributed by atoms with Gasteiger partial charge in [-0.1, -0.05) is 0 Å². The van der Waals surface area contributed by atoms with E-state index in [1.54, 1.807) is 0 Å². The standard InChI is InChI=1S/C17H27BN2O2/c1-13-8-6-7-11-20(13)14-9-10-19-15(12-14)18-21-16(2,3)17(4,5)22-18/h9-10,12-13H,6-8,11H2,1-5H3/i9D,10D,12D. The SMILES string of the molecule is [2H]c1nc(B2OC(C)(C)C(C)(C)O2)c([2H])c(N2CCCCC2C)c1[2H]. The molecule has 3 heterocycles. The number of hydrogen-bond donors (Lipinski definition) is 0. The fraction of sp³-hybridized carbons (Fsp3) is 0.706. The van der Waals surface area contributed by atoms with Crippen LogP contribution < -0.4 is 10.5 Å². The van der Waals surface area contributed by atoms with Crippen molar-refractivity contribution in [1.29, 1.82) is 0 Å². The molecular weight excluding hydrogens is 275 g/mol. The van der Waals surface area contributed by atoms with Crippen molar-refractivity contribution < 1.29 is 13.4 Å². The van der Waals surface area contributed by atoms with Crippen molar-refractivity contribution in [2.45, 2.75) is 71.1 Å². The smallest absolute Gasteiger partial charge is 0.398 e. The predicted octanol–water partition coefficient (Wildman–Crippen LogP) is 2.76. The molecule has 2 saturated heterocycles. The number of hydrogen-bond acceptors (Lipinski definition) is 4. The molecule has 0 radical (unpaired) electrons. The molecule has 120 valence electrons.